The summed E-state index contributed by atoms with van der Waals surface area (Å²) in [5, 5.41) is 9.10. The van der Waals surface area contributed by atoms with Crippen molar-refractivity contribution in [3.8, 4) is 0 Å². The lowest BCUT2D eigenvalue weighted by Crippen LogP contribution is -2.53. The van der Waals surface area contributed by atoms with Crippen molar-refractivity contribution in [1.29, 1.82) is 0 Å². The quantitative estimate of drug-likeness (QED) is 0.819. The van der Waals surface area contributed by atoms with Crippen LogP contribution >= 0.6 is 0 Å². The highest BCUT2D eigenvalue weighted by Gasteiger charge is 2.32. The molecule has 0 aliphatic carbocycles. The van der Waals surface area contributed by atoms with E-state index in [4.69, 9.17) is 5.11 Å². The Hall–Kier alpha value is -1.30. The number of carbonyl (C=O) groups excluding carboxylic acids is 1. The molecule has 2 fully saturated rings. The van der Waals surface area contributed by atoms with E-state index in [0.29, 0.717) is 19.5 Å². The lowest BCUT2D eigenvalue weighted by molar-refractivity contribution is -0.143. The summed E-state index contributed by atoms with van der Waals surface area (Å²) in [6, 6.07) is 0.225. The van der Waals surface area contributed by atoms with Crippen LogP contribution in [-0.4, -0.2) is 78.1 Å². The van der Waals surface area contributed by atoms with Crippen molar-refractivity contribution in [3.05, 3.63) is 0 Å². The summed E-state index contributed by atoms with van der Waals surface area (Å²) in [5.74, 6) is -1.20. The SMILES string of the molecule is CN1CCCC(N(C)C(=O)N2CCCC(C(=O)O)C2)C1. The molecule has 2 heterocycles. The summed E-state index contributed by atoms with van der Waals surface area (Å²) in [7, 11) is 3.92. The number of carboxylic acids is 1. The van der Waals surface area contributed by atoms with Crippen molar-refractivity contribution in [2.45, 2.75) is 31.7 Å². The van der Waals surface area contributed by atoms with Gasteiger partial charge in [-0.15, -0.1) is 0 Å². The zero-order valence-corrected chi connectivity index (χ0v) is 12.4. The standard InChI is InChI=1S/C14H25N3O3/c1-15-7-4-6-12(10-15)16(2)14(20)17-8-3-5-11(9-17)13(18)19/h11-12H,3-10H2,1-2H3,(H,18,19). The minimum absolute atomic E-state index is 0.0174. The van der Waals surface area contributed by atoms with Crippen molar-refractivity contribution < 1.29 is 14.7 Å². The van der Waals surface area contributed by atoms with E-state index < -0.39 is 11.9 Å². The molecular weight excluding hydrogens is 258 g/mol. The molecule has 0 bridgehead atoms. The molecule has 2 aliphatic rings. The average Bonchev–Trinajstić information content (AvgIpc) is 2.45. The summed E-state index contributed by atoms with van der Waals surface area (Å²) < 4.78 is 0. The fourth-order valence-corrected chi connectivity index (χ4v) is 3.19. The second kappa shape index (κ2) is 6.43. The fourth-order valence-electron chi connectivity index (χ4n) is 3.19. The Labute approximate surface area is 120 Å². The summed E-state index contributed by atoms with van der Waals surface area (Å²) in [6.45, 7) is 3.01. The molecule has 0 saturated carbocycles. The maximum atomic E-state index is 12.5. The van der Waals surface area contributed by atoms with Crippen LogP contribution in [0.4, 0.5) is 4.79 Å². The number of carbonyl (C=O) groups is 2. The Balaban J connectivity index is 1.93. The summed E-state index contributed by atoms with van der Waals surface area (Å²) in [5.41, 5.74) is 0. The number of aliphatic carboxylic acids is 1. The fraction of sp³-hybridized carbons (Fsp3) is 0.857. The number of hydrogen-bond acceptors (Lipinski definition) is 3. The molecule has 20 heavy (non-hydrogen) atoms. The van der Waals surface area contributed by atoms with Crippen LogP contribution in [0.2, 0.25) is 0 Å². The predicted molar refractivity (Wildman–Crippen MR) is 75.6 cm³/mol. The molecule has 2 unspecified atom stereocenters. The second-order valence-electron chi connectivity index (χ2n) is 6.08. The van der Waals surface area contributed by atoms with Crippen LogP contribution in [-0.2, 0) is 4.79 Å². The maximum Gasteiger partial charge on any atom is 0.320 e. The van der Waals surface area contributed by atoms with Crippen molar-refractivity contribution in [3.63, 3.8) is 0 Å². The van der Waals surface area contributed by atoms with Gasteiger partial charge in [0.05, 0.1) is 5.92 Å². The third kappa shape index (κ3) is 3.42. The second-order valence-corrected chi connectivity index (χ2v) is 6.08. The minimum atomic E-state index is -0.789. The molecule has 0 aromatic rings. The van der Waals surface area contributed by atoms with Gasteiger partial charge < -0.3 is 19.8 Å². The van der Waals surface area contributed by atoms with Crippen LogP contribution < -0.4 is 0 Å². The van der Waals surface area contributed by atoms with Gasteiger partial charge in [-0.25, -0.2) is 4.79 Å². The highest BCUT2D eigenvalue weighted by Crippen LogP contribution is 2.20. The van der Waals surface area contributed by atoms with Crippen molar-refractivity contribution >= 4 is 12.0 Å². The van der Waals surface area contributed by atoms with Gasteiger partial charge in [-0.2, -0.15) is 0 Å². The van der Waals surface area contributed by atoms with Crippen molar-refractivity contribution in [1.82, 2.24) is 14.7 Å². The van der Waals surface area contributed by atoms with E-state index in [-0.39, 0.29) is 12.1 Å². The number of rotatable bonds is 2. The molecule has 2 rings (SSSR count). The van der Waals surface area contributed by atoms with Gasteiger partial charge >= 0.3 is 12.0 Å². The van der Waals surface area contributed by atoms with Crippen LogP contribution in [0.1, 0.15) is 25.7 Å². The lowest BCUT2D eigenvalue weighted by atomic mass is 9.98. The summed E-state index contributed by atoms with van der Waals surface area (Å²) in [4.78, 5) is 29.3. The number of likely N-dealkylation sites (tertiary alicyclic amines) is 2. The van der Waals surface area contributed by atoms with Gasteiger partial charge in [0, 0.05) is 32.7 Å². The van der Waals surface area contributed by atoms with Crippen molar-refractivity contribution in [2.75, 3.05) is 40.3 Å². The molecule has 0 spiro atoms. The van der Waals surface area contributed by atoms with E-state index in [1.807, 2.05) is 7.05 Å². The zero-order chi connectivity index (χ0) is 14.7. The molecular formula is C14H25N3O3. The van der Waals surface area contributed by atoms with Gasteiger partial charge in [-0.05, 0) is 39.3 Å². The Kier molecular flexibility index (Phi) is 4.86. The maximum absolute atomic E-state index is 12.5. The first-order valence-corrected chi connectivity index (χ1v) is 7.42. The first-order valence-electron chi connectivity index (χ1n) is 7.42. The van der Waals surface area contributed by atoms with Crippen LogP contribution in [0.5, 0.6) is 0 Å². The summed E-state index contributed by atoms with van der Waals surface area (Å²) >= 11 is 0. The highest BCUT2D eigenvalue weighted by molar-refractivity contribution is 5.76. The third-order valence-corrected chi connectivity index (χ3v) is 4.49. The van der Waals surface area contributed by atoms with Gasteiger partial charge in [0.25, 0.3) is 0 Å². The minimum Gasteiger partial charge on any atom is -0.481 e. The Morgan fingerprint density at radius 1 is 1.15 bits per heavy atom. The molecule has 0 aromatic heterocycles. The molecule has 0 radical (unpaired) electrons. The number of nitrogens with zero attached hydrogens (tertiary/aromatic N) is 3. The number of amides is 2. The number of hydrogen-bond donors (Lipinski definition) is 1. The van der Waals surface area contributed by atoms with E-state index in [9.17, 15) is 9.59 Å². The van der Waals surface area contributed by atoms with E-state index >= 15 is 0 Å². The molecule has 2 saturated heterocycles. The molecule has 2 atom stereocenters. The highest BCUT2D eigenvalue weighted by atomic mass is 16.4. The largest absolute Gasteiger partial charge is 0.481 e. The monoisotopic (exact) mass is 283 g/mol. The number of carboxylic acid groups (broad SMARTS) is 1. The van der Waals surface area contributed by atoms with Gasteiger partial charge in [0.2, 0.25) is 0 Å². The lowest BCUT2D eigenvalue weighted by Gasteiger charge is -2.40. The molecule has 6 heteroatoms. The van der Waals surface area contributed by atoms with E-state index in [2.05, 4.69) is 11.9 Å². The first-order chi connectivity index (χ1) is 9.49. The smallest absolute Gasteiger partial charge is 0.320 e. The van der Waals surface area contributed by atoms with E-state index in [1.165, 1.54) is 0 Å². The average molecular weight is 283 g/mol. The molecule has 1 N–H and O–H groups in total. The first kappa shape index (κ1) is 15.1. The molecule has 0 aromatic carbocycles. The Morgan fingerprint density at radius 3 is 2.50 bits per heavy atom. The van der Waals surface area contributed by atoms with Crippen LogP contribution in [0.25, 0.3) is 0 Å². The van der Waals surface area contributed by atoms with E-state index in [0.717, 1.165) is 32.4 Å². The van der Waals surface area contributed by atoms with Gasteiger partial charge in [0.15, 0.2) is 0 Å². The van der Waals surface area contributed by atoms with Crippen LogP contribution in [0, 0.1) is 5.92 Å². The van der Waals surface area contributed by atoms with Gasteiger partial charge in [0.1, 0.15) is 0 Å². The van der Waals surface area contributed by atoms with Crippen molar-refractivity contribution in [2.24, 2.45) is 5.92 Å². The Morgan fingerprint density at radius 2 is 1.85 bits per heavy atom. The third-order valence-electron chi connectivity index (χ3n) is 4.49. The summed E-state index contributed by atoms with van der Waals surface area (Å²) in [6.07, 6.45) is 3.59. The number of urea groups is 1. The van der Waals surface area contributed by atoms with Crippen LogP contribution in [0.3, 0.4) is 0 Å². The van der Waals surface area contributed by atoms with Crippen LogP contribution in [0.15, 0.2) is 0 Å². The van der Waals surface area contributed by atoms with Gasteiger partial charge in [-0.3, -0.25) is 4.79 Å². The molecule has 2 amide bonds. The Bertz CT molecular complexity index is 375. The molecule has 2 aliphatic heterocycles. The number of piperidine rings is 2. The number of likely N-dealkylation sites (N-methyl/N-ethyl adjacent to an activating group) is 2. The van der Waals surface area contributed by atoms with Gasteiger partial charge in [-0.1, -0.05) is 0 Å². The topological polar surface area (TPSA) is 64.1 Å². The zero-order valence-electron chi connectivity index (χ0n) is 12.4. The molecule has 114 valence electrons. The predicted octanol–water partition coefficient (Wildman–Crippen LogP) is 0.929. The molecule has 6 nitrogen and oxygen atoms in total. The van der Waals surface area contributed by atoms with E-state index in [1.54, 1.807) is 9.80 Å². The normalized spacial score (nSPS) is 28.2.